The molecule has 5 heteroatoms. The minimum atomic E-state index is -1.81. The smallest absolute Gasteiger partial charge is 0.192 e. The Morgan fingerprint density at radius 1 is 1.50 bits per heavy atom. The molecular weight excluding hydrogens is 306 g/mol. The standard InChI is InChI=1S/C15H26ClNOSSi/c1-8-14(18-20(6,7)15(3,4)5)13(16)9-12-10-19-11(2)17-12/h9-10,14H,8H2,1-7H3/t14-/m0/s1. The van der Waals surface area contributed by atoms with Gasteiger partial charge in [-0.25, -0.2) is 4.98 Å². The van der Waals surface area contributed by atoms with Crippen molar-refractivity contribution in [2.24, 2.45) is 0 Å². The molecule has 0 aliphatic heterocycles. The van der Waals surface area contributed by atoms with E-state index in [1.165, 1.54) is 0 Å². The summed E-state index contributed by atoms with van der Waals surface area (Å²) in [6, 6.07) is 0. The highest BCUT2D eigenvalue weighted by molar-refractivity contribution is 7.09. The Labute approximate surface area is 133 Å². The molecule has 0 N–H and O–H groups in total. The first kappa shape index (κ1) is 17.9. The number of hydrogen-bond donors (Lipinski definition) is 0. The van der Waals surface area contributed by atoms with Crippen molar-refractivity contribution in [3.05, 3.63) is 21.1 Å². The van der Waals surface area contributed by atoms with Crippen molar-refractivity contribution in [2.45, 2.75) is 65.3 Å². The molecule has 0 saturated carbocycles. The van der Waals surface area contributed by atoms with Crippen molar-refractivity contribution in [2.75, 3.05) is 0 Å². The van der Waals surface area contributed by atoms with Gasteiger partial charge in [-0.05, 0) is 37.6 Å². The van der Waals surface area contributed by atoms with E-state index in [-0.39, 0.29) is 11.1 Å². The van der Waals surface area contributed by atoms with Crippen LogP contribution in [-0.4, -0.2) is 19.4 Å². The van der Waals surface area contributed by atoms with Crippen LogP contribution in [0.5, 0.6) is 0 Å². The summed E-state index contributed by atoms with van der Waals surface area (Å²) in [5.74, 6) is 0. The second kappa shape index (κ2) is 6.73. The van der Waals surface area contributed by atoms with E-state index >= 15 is 0 Å². The molecule has 0 radical (unpaired) electrons. The minimum absolute atomic E-state index is 0.0282. The number of nitrogens with zero attached hydrogens (tertiary/aromatic N) is 1. The fourth-order valence-corrected chi connectivity index (χ4v) is 3.86. The Kier molecular flexibility index (Phi) is 6.02. The van der Waals surface area contributed by atoms with Gasteiger partial charge in [0.05, 0.1) is 16.8 Å². The van der Waals surface area contributed by atoms with Gasteiger partial charge in [-0.3, -0.25) is 0 Å². The van der Waals surface area contributed by atoms with E-state index in [4.69, 9.17) is 16.0 Å². The lowest BCUT2D eigenvalue weighted by molar-refractivity contribution is 0.217. The maximum Gasteiger partial charge on any atom is 0.192 e. The maximum atomic E-state index is 6.47. The third-order valence-electron chi connectivity index (χ3n) is 3.84. The number of rotatable bonds is 5. The van der Waals surface area contributed by atoms with Crippen LogP contribution in [0.1, 0.15) is 44.8 Å². The van der Waals surface area contributed by atoms with Crippen LogP contribution in [0, 0.1) is 6.92 Å². The molecule has 114 valence electrons. The highest BCUT2D eigenvalue weighted by atomic mass is 35.5. The van der Waals surface area contributed by atoms with Crippen molar-refractivity contribution in [1.82, 2.24) is 4.98 Å². The normalized spacial score (nSPS) is 15.5. The van der Waals surface area contributed by atoms with Gasteiger partial charge < -0.3 is 4.43 Å². The zero-order valence-corrected chi connectivity index (χ0v) is 16.2. The van der Waals surface area contributed by atoms with E-state index in [9.17, 15) is 0 Å². The monoisotopic (exact) mass is 331 g/mol. The molecule has 2 nitrogen and oxygen atoms in total. The molecule has 1 rings (SSSR count). The lowest BCUT2D eigenvalue weighted by atomic mass is 10.2. The first-order valence-corrected chi connectivity index (χ1v) is 11.2. The van der Waals surface area contributed by atoms with Gasteiger partial charge in [0.1, 0.15) is 0 Å². The molecule has 0 amide bonds. The number of thiazole rings is 1. The zero-order chi connectivity index (χ0) is 15.6. The quantitative estimate of drug-likeness (QED) is 0.633. The summed E-state index contributed by atoms with van der Waals surface area (Å²) in [5.41, 5.74) is 0.926. The highest BCUT2D eigenvalue weighted by Crippen LogP contribution is 2.39. The Morgan fingerprint density at radius 3 is 2.50 bits per heavy atom. The third kappa shape index (κ3) is 4.69. The molecule has 0 fully saturated rings. The van der Waals surface area contributed by atoms with Crippen LogP contribution in [0.4, 0.5) is 0 Å². The molecule has 0 aliphatic carbocycles. The van der Waals surface area contributed by atoms with Crippen LogP contribution < -0.4 is 0 Å². The number of halogens is 1. The molecule has 1 heterocycles. The van der Waals surface area contributed by atoms with Crippen molar-refractivity contribution in [3.63, 3.8) is 0 Å². The first-order valence-electron chi connectivity index (χ1n) is 7.04. The van der Waals surface area contributed by atoms with Gasteiger partial charge in [-0.15, -0.1) is 11.3 Å². The van der Waals surface area contributed by atoms with E-state index in [2.05, 4.69) is 45.8 Å². The van der Waals surface area contributed by atoms with Crippen LogP contribution in [0.25, 0.3) is 6.08 Å². The average Bonchev–Trinajstić information content (AvgIpc) is 2.70. The van der Waals surface area contributed by atoms with E-state index in [0.29, 0.717) is 0 Å². The number of aromatic nitrogens is 1. The summed E-state index contributed by atoms with van der Waals surface area (Å²) in [6.45, 7) is 15.4. The Bertz CT molecular complexity index is 476. The summed E-state index contributed by atoms with van der Waals surface area (Å²) in [6.07, 6.45) is 2.79. The molecule has 0 bridgehead atoms. The molecule has 0 aromatic carbocycles. The molecule has 20 heavy (non-hydrogen) atoms. The summed E-state index contributed by atoms with van der Waals surface area (Å²) < 4.78 is 6.41. The van der Waals surface area contributed by atoms with Gasteiger partial charge in [0.25, 0.3) is 0 Å². The second-order valence-electron chi connectivity index (χ2n) is 6.60. The lowest BCUT2D eigenvalue weighted by Gasteiger charge is -2.39. The van der Waals surface area contributed by atoms with Gasteiger partial charge >= 0.3 is 0 Å². The molecule has 0 aliphatic rings. The Balaban J connectivity index is 2.88. The Morgan fingerprint density at radius 2 is 2.10 bits per heavy atom. The van der Waals surface area contributed by atoms with Gasteiger partial charge in [-0.1, -0.05) is 39.3 Å². The molecule has 0 saturated heterocycles. The molecule has 1 aromatic rings. The number of aryl methyl sites for hydroxylation is 1. The average molecular weight is 332 g/mol. The molecule has 1 atom stereocenters. The van der Waals surface area contributed by atoms with Crippen LogP contribution >= 0.6 is 22.9 Å². The predicted octanol–water partition coefficient (Wildman–Crippen LogP) is 5.83. The molecule has 0 spiro atoms. The molecular formula is C15H26ClNOSSi. The second-order valence-corrected chi connectivity index (χ2v) is 12.9. The van der Waals surface area contributed by atoms with E-state index in [0.717, 1.165) is 22.2 Å². The summed E-state index contributed by atoms with van der Waals surface area (Å²) in [4.78, 5) is 4.43. The highest BCUT2D eigenvalue weighted by Gasteiger charge is 2.39. The zero-order valence-electron chi connectivity index (χ0n) is 13.6. The van der Waals surface area contributed by atoms with Gasteiger partial charge in [-0.2, -0.15) is 0 Å². The fraction of sp³-hybridized carbons (Fsp3) is 0.667. The van der Waals surface area contributed by atoms with Crippen LogP contribution in [0.15, 0.2) is 10.4 Å². The molecule has 0 unspecified atom stereocenters. The largest absolute Gasteiger partial charge is 0.409 e. The number of hydrogen-bond acceptors (Lipinski definition) is 3. The maximum absolute atomic E-state index is 6.47. The summed E-state index contributed by atoms with van der Waals surface area (Å²) in [5, 5.41) is 4.02. The third-order valence-corrected chi connectivity index (χ3v) is 9.47. The van der Waals surface area contributed by atoms with Crippen molar-refractivity contribution in [1.29, 1.82) is 0 Å². The van der Waals surface area contributed by atoms with E-state index in [1.54, 1.807) is 11.3 Å². The van der Waals surface area contributed by atoms with E-state index < -0.39 is 8.32 Å². The van der Waals surface area contributed by atoms with E-state index in [1.807, 2.05) is 18.4 Å². The minimum Gasteiger partial charge on any atom is -0.409 e. The molecule has 1 aromatic heterocycles. The first-order chi connectivity index (χ1) is 9.06. The van der Waals surface area contributed by atoms with Crippen molar-refractivity contribution in [3.8, 4) is 0 Å². The fourth-order valence-electron chi connectivity index (χ4n) is 1.55. The SMILES string of the molecule is CC[C@H](O[Si](C)(C)C(C)(C)C)C(Cl)=Cc1csc(C)n1. The predicted molar refractivity (Wildman–Crippen MR) is 93.0 cm³/mol. The Hall–Kier alpha value is -0.163. The topological polar surface area (TPSA) is 22.1 Å². The van der Waals surface area contributed by atoms with Crippen LogP contribution in [0.2, 0.25) is 18.1 Å². The van der Waals surface area contributed by atoms with Crippen molar-refractivity contribution >= 4 is 37.3 Å². The lowest BCUT2D eigenvalue weighted by Crippen LogP contribution is -2.43. The summed E-state index contributed by atoms with van der Waals surface area (Å²) in [7, 11) is -1.81. The van der Waals surface area contributed by atoms with Gasteiger partial charge in [0.15, 0.2) is 8.32 Å². The van der Waals surface area contributed by atoms with Crippen molar-refractivity contribution < 1.29 is 4.43 Å². The van der Waals surface area contributed by atoms with Gasteiger partial charge in [0.2, 0.25) is 0 Å². The van der Waals surface area contributed by atoms with Crippen LogP contribution in [0.3, 0.4) is 0 Å². The van der Waals surface area contributed by atoms with Gasteiger partial charge in [0, 0.05) is 10.4 Å². The summed E-state index contributed by atoms with van der Waals surface area (Å²) >= 11 is 8.11. The van der Waals surface area contributed by atoms with Crippen LogP contribution in [-0.2, 0) is 4.43 Å².